The minimum absolute atomic E-state index is 0.0242. The second-order valence-corrected chi connectivity index (χ2v) is 14.4. The van der Waals surface area contributed by atoms with Crippen LogP contribution in [0.15, 0.2) is 121 Å². The van der Waals surface area contributed by atoms with E-state index in [0.29, 0.717) is 0 Å². The van der Waals surface area contributed by atoms with Crippen LogP contribution in [0, 0.1) is 0 Å². The van der Waals surface area contributed by atoms with Gasteiger partial charge in [0.15, 0.2) is 0 Å². The van der Waals surface area contributed by atoms with E-state index in [2.05, 4.69) is 172 Å². The van der Waals surface area contributed by atoms with E-state index in [4.69, 9.17) is 9.97 Å². The fraction of sp³-hybridized carbons (Fsp3) is 0.190. The lowest BCUT2D eigenvalue weighted by Crippen LogP contribution is -2.13. The van der Waals surface area contributed by atoms with Crippen LogP contribution < -0.4 is 0 Å². The van der Waals surface area contributed by atoms with Crippen molar-refractivity contribution in [1.29, 1.82) is 0 Å². The van der Waals surface area contributed by atoms with Gasteiger partial charge in [-0.05, 0) is 71.8 Å². The maximum atomic E-state index is 5.18. The summed E-state index contributed by atoms with van der Waals surface area (Å²) in [5.41, 5.74) is 13.4. The van der Waals surface area contributed by atoms with Crippen LogP contribution in [-0.4, -0.2) is 19.1 Å². The molecule has 0 saturated carbocycles. The molecule has 0 aliphatic rings. The average Bonchev–Trinajstić information content (AvgIpc) is 3.56. The molecule has 0 N–H and O–H groups in total. The molecule has 46 heavy (non-hydrogen) atoms. The third-order valence-electron chi connectivity index (χ3n) is 9.11. The van der Waals surface area contributed by atoms with Gasteiger partial charge in [0.05, 0.1) is 33.1 Å². The predicted molar refractivity (Wildman–Crippen MR) is 194 cm³/mol. The van der Waals surface area contributed by atoms with E-state index in [0.717, 1.165) is 55.9 Å². The number of fused-ring (bicyclic) bond motifs is 6. The Morgan fingerprint density at radius 3 is 1.24 bits per heavy atom. The molecule has 0 fully saturated rings. The van der Waals surface area contributed by atoms with Gasteiger partial charge in [-0.1, -0.05) is 102 Å². The first kappa shape index (κ1) is 28.3. The molecule has 4 aromatic heterocycles. The van der Waals surface area contributed by atoms with Crippen molar-refractivity contribution < 1.29 is 0 Å². The molecule has 4 heterocycles. The fourth-order valence-corrected chi connectivity index (χ4v) is 6.70. The standard InChI is InChI=1S/C42H38N4/c1-41(2,3)37-23-21-35-39(43-37)31-17-7-9-19-33(31)45(35)29-15-11-13-27(25-29)28-14-12-16-30(26-28)46-34-20-10-8-18-32(34)40-36(46)22-24-38(44-40)42(4,5)6/h7-26H,1-6H3. The number of benzene rings is 4. The van der Waals surface area contributed by atoms with Crippen molar-refractivity contribution >= 4 is 43.9 Å². The second-order valence-electron chi connectivity index (χ2n) is 14.4. The van der Waals surface area contributed by atoms with E-state index < -0.39 is 0 Å². The Balaban J connectivity index is 1.28. The molecule has 0 aliphatic heterocycles. The first-order chi connectivity index (χ1) is 22.1. The van der Waals surface area contributed by atoms with Gasteiger partial charge in [0.25, 0.3) is 0 Å². The summed E-state index contributed by atoms with van der Waals surface area (Å²) in [6.07, 6.45) is 0. The van der Waals surface area contributed by atoms with Gasteiger partial charge in [-0.15, -0.1) is 0 Å². The molecule has 0 spiro atoms. The molecule has 8 rings (SSSR count). The Morgan fingerprint density at radius 2 is 0.826 bits per heavy atom. The molecule has 0 aliphatic carbocycles. The number of para-hydroxylation sites is 2. The summed E-state index contributed by atoms with van der Waals surface area (Å²) in [6, 6.07) is 43.7. The van der Waals surface area contributed by atoms with Crippen LogP contribution >= 0.6 is 0 Å². The van der Waals surface area contributed by atoms with E-state index in [-0.39, 0.29) is 10.8 Å². The van der Waals surface area contributed by atoms with Crippen molar-refractivity contribution in [1.82, 2.24) is 19.1 Å². The average molecular weight is 599 g/mol. The van der Waals surface area contributed by atoms with Crippen LogP contribution in [0.4, 0.5) is 0 Å². The van der Waals surface area contributed by atoms with E-state index >= 15 is 0 Å². The SMILES string of the molecule is CC(C)(C)c1ccc2c(n1)c1ccccc1n2-c1cccc(-c2cccc(-n3c4ccccc4c4nc(C(C)(C)C)ccc43)c2)c1. The fourth-order valence-electron chi connectivity index (χ4n) is 6.70. The molecule has 0 atom stereocenters. The maximum Gasteiger partial charge on any atom is 0.0967 e. The minimum atomic E-state index is -0.0242. The highest BCUT2D eigenvalue weighted by Gasteiger charge is 2.21. The lowest BCUT2D eigenvalue weighted by Gasteiger charge is -2.18. The number of hydrogen-bond donors (Lipinski definition) is 0. The molecule has 0 bridgehead atoms. The van der Waals surface area contributed by atoms with Crippen LogP contribution in [0.1, 0.15) is 52.9 Å². The zero-order valence-corrected chi connectivity index (χ0v) is 27.3. The highest BCUT2D eigenvalue weighted by molar-refractivity contribution is 6.08. The third kappa shape index (κ3) is 4.51. The summed E-state index contributed by atoms with van der Waals surface area (Å²) >= 11 is 0. The molecular formula is C42H38N4. The van der Waals surface area contributed by atoms with Crippen molar-refractivity contribution in [3.05, 3.63) is 133 Å². The molecular weight excluding hydrogens is 560 g/mol. The zero-order chi connectivity index (χ0) is 31.8. The Labute approximate surface area is 270 Å². The highest BCUT2D eigenvalue weighted by Crippen LogP contribution is 2.36. The monoisotopic (exact) mass is 598 g/mol. The van der Waals surface area contributed by atoms with Crippen molar-refractivity contribution in [2.24, 2.45) is 0 Å². The van der Waals surface area contributed by atoms with Gasteiger partial charge in [0.1, 0.15) is 0 Å². The number of rotatable bonds is 3. The topological polar surface area (TPSA) is 35.6 Å². The molecule has 226 valence electrons. The van der Waals surface area contributed by atoms with Gasteiger partial charge in [0, 0.05) is 44.4 Å². The van der Waals surface area contributed by atoms with Crippen LogP contribution in [0.2, 0.25) is 0 Å². The van der Waals surface area contributed by atoms with Gasteiger partial charge in [-0.25, -0.2) is 9.97 Å². The van der Waals surface area contributed by atoms with Crippen molar-refractivity contribution in [2.75, 3.05) is 0 Å². The highest BCUT2D eigenvalue weighted by atomic mass is 15.0. The maximum absolute atomic E-state index is 5.18. The van der Waals surface area contributed by atoms with Gasteiger partial charge in [-0.3, -0.25) is 0 Å². The van der Waals surface area contributed by atoms with Gasteiger partial charge in [0.2, 0.25) is 0 Å². The molecule has 0 radical (unpaired) electrons. The predicted octanol–water partition coefficient (Wildman–Crippen LogP) is 10.9. The summed E-state index contributed by atoms with van der Waals surface area (Å²) in [6.45, 7) is 13.3. The molecule has 0 unspecified atom stereocenters. The normalized spacial score (nSPS) is 12.6. The number of aromatic nitrogens is 4. The Morgan fingerprint density at radius 1 is 0.413 bits per heavy atom. The van der Waals surface area contributed by atoms with E-state index in [1.807, 2.05) is 0 Å². The van der Waals surface area contributed by atoms with Crippen molar-refractivity contribution in [2.45, 2.75) is 52.4 Å². The molecule has 4 heteroatoms. The van der Waals surface area contributed by atoms with E-state index in [1.54, 1.807) is 0 Å². The summed E-state index contributed by atoms with van der Waals surface area (Å²) in [5.74, 6) is 0. The smallest absolute Gasteiger partial charge is 0.0967 e. The van der Waals surface area contributed by atoms with Crippen LogP contribution in [0.5, 0.6) is 0 Å². The van der Waals surface area contributed by atoms with Crippen LogP contribution in [0.25, 0.3) is 66.4 Å². The molecule has 4 aromatic carbocycles. The lowest BCUT2D eigenvalue weighted by atomic mass is 9.91. The van der Waals surface area contributed by atoms with Crippen LogP contribution in [-0.2, 0) is 10.8 Å². The summed E-state index contributed by atoms with van der Waals surface area (Å²) in [5, 5.41) is 2.34. The molecule has 8 aromatic rings. The number of nitrogens with zero attached hydrogens (tertiary/aromatic N) is 4. The van der Waals surface area contributed by atoms with E-state index in [1.165, 1.54) is 21.9 Å². The third-order valence-corrected chi connectivity index (χ3v) is 9.11. The van der Waals surface area contributed by atoms with E-state index in [9.17, 15) is 0 Å². The molecule has 0 saturated heterocycles. The first-order valence-corrected chi connectivity index (χ1v) is 16.1. The largest absolute Gasteiger partial charge is 0.308 e. The lowest BCUT2D eigenvalue weighted by molar-refractivity contribution is 0.571. The zero-order valence-electron chi connectivity index (χ0n) is 27.3. The Hall–Kier alpha value is -5.22. The van der Waals surface area contributed by atoms with Crippen molar-refractivity contribution in [3.63, 3.8) is 0 Å². The Kier molecular flexibility index (Phi) is 6.24. The summed E-state index contributed by atoms with van der Waals surface area (Å²) in [7, 11) is 0. The quantitative estimate of drug-likeness (QED) is 0.203. The minimum Gasteiger partial charge on any atom is -0.308 e. The first-order valence-electron chi connectivity index (χ1n) is 16.1. The number of pyridine rings is 2. The molecule has 0 amide bonds. The second kappa shape index (κ2) is 10.1. The molecule has 4 nitrogen and oxygen atoms in total. The summed E-state index contributed by atoms with van der Waals surface area (Å²) in [4.78, 5) is 10.4. The summed E-state index contributed by atoms with van der Waals surface area (Å²) < 4.78 is 4.70. The van der Waals surface area contributed by atoms with Crippen molar-refractivity contribution in [3.8, 4) is 22.5 Å². The van der Waals surface area contributed by atoms with Gasteiger partial charge in [-0.2, -0.15) is 0 Å². The van der Waals surface area contributed by atoms with Crippen LogP contribution in [0.3, 0.4) is 0 Å². The van der Waals surface area contributed by atoms with Gasteiger partial charge < -0.3 is 9.13 Å². The van der Waals surface area contributed by atoms with Gasteiger partial charge >= 0.3 is 0 Å². The Bertz CT molecular complexity index is 2270. The number of hydrogen-bond acceptors (Lipinski definition) is 2.